The third-order valence-corrected chi connectivity index (χ3v) is 5.92. The molecular weight excluding hydrogens is 394 g/mol. The predicted octanol–water partition coefficient (Wildman–Crippen LogP) is 4.75. The van der Waals surface area contributed by atoms with Gasteiger partial charge in [0.1, 0.15) is 23.7 Å². The first-order valence-electron chi connectivity index (χ1n) is 8.80. The number of nitriles is 1. The molecule has 0 saturated heterocycles. The molecule has 142 valence electrons. The summed E-state index contributed by atoms with van der Waals surface area (Å²) in [4.78, 5) is 1.92. The van der Waals surface area contributed by atoms with Crippen LogP contribution in [0.5, 0.6) is 5.75 Å². The van der Waals surface area contributed by atoms with Crippen molar-refractivity contribution in [1.29, 1.82) is 5.26 Å². The van der Waals surface area contributed by atoms with Crippen molar-refractivity contribution in [3.63, 3.8) is 0 Å². The minimum absolute atomic E-state index is 0.178. The molecule has 2 aromatic carbocycles. The standard InChI is InChI=1S/C21H12F2N4OS/c22-13-2-4-17(16(23)8-13)27-11-25-26-21(27)20-9-15-14-3-1-12(10-24)7-18(14)28-6-5-19(15)29-20/h1-4,7-9,11H,5-6H2. The number of thiophene rings is 1. The van der Waals surface area contributed by atoms with Gasteiger partial charge in [-0.1, -0.05) is 0 Å². The number of hydrogen-bond acceptors (Lipinski definition) is 5. The van der Waals surface area contributed by atoms with E-state index in [1.165, 1.54) is 34.4 Å². The van der Waals surface area contributed by atoms with Gasteiger partial charge in [0.15, 0.2) is 5.82 Å². The molecule has 0 atom stereocenters. The quantitative estimate of drug-likeness (QED) is 0.482. The average Bonchev–Trinajstić information content (AvgIpc) is 3.32. The van der Waals surface area contributed by atoms with Gasteiger partial charge in [0.25, 0.3) is 0 Å². The first-order valence-corrected chi connectivity index (χ1v) is 9.61. The van der Waals surface area contributed by atoms with E-state index in [-0.39, 0.29) is 5.69 Å². The molecule has 0 unspecified atom stereocenters. The summed E-state index contributed by atoms with van der Waals surface area (Å²) in [6.07, 6.45) is 2.11. The monoisotopic (exact) mass is 406 g/mol. The minimum Gasteiger partial charge on any atom is -0.493 e. The Labute approximate surface area is 168 Å². The van der Waals surface area contributed by atoms with E-state index in [0.717, 1.165) is 26.9 Å². The first-order chi connectivity index (χ1) is 14.1. The zero-order chi connectivity index (χ0) is 20.0. The highest BCUT2D eigenvalue weighted by atomic mass is 32.1. The number of fused-ring (bicyclic) bond motifs is 3. The lowest BCUT2D eigenvalue weighted by molar-refractivity contribution is 0.327. The van der Waals surface area contributed by atoms with Crippen LogP contribution < -0.4 is 4.74 Å². The van der Waals surface area contributed by atoms with E-state index in [4.69, 9.17) is 10.00 Å². The molecule has 2 aromatic heterocycles. The van der Waals surface area contributed by atoms with Crippen LogP contribution in [0, 0.1) is 23.0 Å². The van der Waals surface area contributed by atoms with Gasteiger partial charge in [-0.3, -0.25) is 4.57 Å². The highest BCUT2D eigenvalue weighted by Gasteiger charge is 2.22. The van der Waals surface area contributed by atoms with E-state index in [2.05, 4.69) is 16.3 Å². The second-order valence-electron chi connectivity index (χ2n) is 6.49. The maximum Gasteiger partial charge on any atom is 0.178 e. The van der Waals surface area contributed by atoms with E-state index in [1.54, 1.807) is 12.1 Å². The smallest absolute Gasteiger partial charge is 0.178 e. The lowest BCUT2D eigenvalue weighted by Crippen LogP contribution is -1.99. The Morgan fingerprint density at radius 3 is 2.83 bits per heavy atom. The summed E-state index contributed by atoms with van der Waals surface area (Å²) in [5, 5.41) is 17.2. The van der Waals surface area contributed by atoms with Crippen LogP contribution in [0.15, 0.2) is 48.8 Å². The lowest BCUT2D eigenvalue weighted by atomic mass is 10.0. The number of rotatable bonds is 2. The molecule has 0 N–H and O–H groups in total. The van der Waals surface area contributed by atoms with Crippen molar-refractivity contribution in [2.75, 3.05) is 6.61 Å². The first kappa shape index (κ1) is 17.5. The van der Waals surface area contributed by atoms with Crippen molar-refractivity contribution in [1.82, 2.24) is 14.8 Å². The van der Waals surface area contributed by atoms with Gasteiger partial charge in [0.2, 0.25) is 0 Å². The number of nitrogens with zero attached hydrogens (tertiary/aromatic N) is 4. The summed E-state index contributed by atoms with van der Waals surface area (Å²) in [6, 6.07) is 12.9. The van der Waals surface area contributed by atoms with Crippen LogP contribution in [0.1, 0.15) is 10.4 Å². The summed E-state index contributed by atoms with van der Waals surface area (Å²) in [5.41, 5.74) is 2.61. The van der Waals surface area contributed by atoms with Crippen molar-refractivity contribution in [3.8, 4) is 39.3 Å². The van der Waals surface area contributed by atoms with Crippen LogP contribution >= 0.6 is 11.3 Å². The Hall–Kier alpha value is -3.57. The lowest BCUT2D eigenvalue weighted by Gasteiger charge is -2.08. The van der Waals surface area contributed by atoms with Crippen molar-refractivity contribution < 1.29 is 13.5 Å². The van der Waals surface area contributed by atoms with E-state index in [0.29, 0.717) is 30.2 Å². The van der Waals surface area contributed by atoms with Crippen LogP contribution in [-0.2, 0) is 6.42 Å². The zero-order valence-corrected chi connectivity index (χ0v) is 15.7. The highest BCUT2D eigenvalue weighted by Crippen LogP contribution is 2.43. The number of halogens is 2. The summed E-state index contributed by atoms with van der Waals surface area (Å²) >= 11 is 1.53. The molecule has 0 bridgehead atoms. The number of ether oxygens (including phenoxy) is 1. The zero-order valence-electron chi connectivity index (χ0n) is 14.9. The summed E-state index contributed by atoms with van der Waals surface area (Å²) < 4.78 is 34.9. The topological polar surface area (TPSA) is 63.7 Å². The molecule has 29 heavy (non-hydrogen) atoms. The van der Waals surface area contributed by atoms with Gasteiger partial charge >= 0.3 is 0 Å². The molecule has 0 amide bonds. The molecule has 0 radical (unpaired) electrons. The fourth-order valence-electron chi connectivity index (χ4n) is 3.40. The Morgan fingerprint density at radius 2 is 2.00 bits per heavy atom. The van der Waals surface area contributed by atoms with Crippen molar-refractivity contribution >= 4 is 11.3 Å². The van der Waals surface area contributed by atoms with Crippen LogP contribution in [0.2, 0.25) is 0 Å². The maximum absolute atomic E-state index is 14.3. The molecule has 4 aromatic rings. The van der Waals surface area contributed by atoms with E-state index in [9.17, 15) is 8.78 Å². The minimum atomic E-state index is -0.688. The molecule has 0 spiro atoms. The molecule has 0 fully saturated rings. The largest absolute Gasteiger partial charge is 0.493 e. The molecule has 5 nitrogen and oxygen atoms in total. The molecule has 3 heterocycles. The van der Waals surface area contributed by atoms with Gasteiger partial charge < -0.3 is 4.74 Å². The van der Waals surface area contributed by atoms with E-state index >= 15 is 0 Å². The SMILES string of the molecule is N#Cc1ccc2c(c1)OCCc1sc(-c3nncn3-c3ccc(F)cc3F)cc1-2. The second kappa shape index (κ2) is 6.79. The van der Waals surface area contributed by atoms with Gasteiger partial charge in [0.05, 0.1) is 28.8 Å². The number of aromatic nitrogens is 3. The number of hydrogen-bond donors (Lipinski definition) is 0. The number of benzene rings is 2. The molecule has 0 aliphatic carbocycles. The van der Waals surface area contributed by atoms with Gasteiger partial charge in [-0.15, -0.1) is 21.5 Å². The summed E-state index contributed by atoms with van der Waals surface area (Å²) in [7, 11) is 0. The van der Waals surface area contributed by atoms with Crippen molar-refractivity contribution in [2.45, 2.75) is 6.42 Å². The van der Waals surface area contributed by atoms with Crippen LogP contribution in [0.25, 0.3) is 27.5 Å². The molecule has 1 aliphatic heterocycles. The normalized spacial score (nSPS) is 12.4. The Kier molecular flexibility index (Phi) is 4.11. The summed E-state index contributed by atoms with van der Waals surface area (Å²) in [6.45, 7) is 0.494. The second-order valence-corrected chi connectivity index (χ2v) is 7.63. The van der Waals surface area contributed by atoms with Gasteiger partial charge in [0, 0.05) is 28.5 Å². The molecule has 8 heteroatoms. The van der Waals surface area contributed by atoms with E-state index in [1.807, 2.05) is 12.1 Å². The fourth-order valence-corrected chi connectivity index (χ4v) is 4.53. The molecule has 1 aliphatic rings. The Bertz CT molecular complexity index is 1290. The maximum atomic E-state index is 14.3. The Balaban J connectivity index is 1.63. The Morgan fingerprint density at radius 1 is 1.10 bits per heavy atom. The third-order valence-electron chi connectivity index (χ3n) is 4.73. The van der Waals surface area contributed by atoms with E-state index < -0.39 is 11.6 Å². The summed E-state index contributed by atoms with van der Waals surface area (Å²) in [5.74, 6) is -0.188. The van der Waals surface area contributed by atoms with Crippen molar-refractivity contribution in [3.05, 3.63) is 70.9 Å². The predicted molar refractivity (Wildman–Crippen MR) is 104 cm³/mol. The van der Waals surface area contributed by atoms with Crippen LogP contribution in [-0.4, -0.2) is 21.4 Å². The third kappa shape index (κ3) is 2.96. The highest BCUT2D eigenvalue weighted by molar-refractivity contribution is 7.16. The molecule has 0 saturated carbocycles. The van der Waals surface area contributed by atoms with Gasteiger partial charge in [-0.25, -0.2) is 8.78 Å². The van der Waals surface area contributed by atoms with Gasteiger partial charge in [-0.05, 0) is 36.4 Å². The average molecular weight is 406 g/mol. The molecule has 5 rings (SSSR count). The molecular formula is C21H12F2N4OS. The van der Waals surface area contributed by atoms with Gasteiger partial charge in [-0.2, -0.15) is 5.26 Å². The fraction of sp³-hybridized carbons (Fsp3) is 0.0952. The van der Waals surface area contributed by atoms with Crippen molar-refractivity contribution in [2.24, 2.45) is 0 Å². The van der Waals surface area contributed by atoms with Crippen LogP contribution in [0.4, 0.5) is 8.78 Å². The van der Waals surface area contributed by atoms with Crippen LogP contribution in [0.3, 0.4) is 0 Å².